The number of rotatable bonds is 6. The highest BCUT2D eigenvalue weighted by Gasteiger charge is 2.29. The van der Waals surface area contributed by atoms with Crippen molar-refractivity contribution >= 4 is 11.8 Å². The number of benzene rings is 1. The van der Waals surface area contributed by atoms with E-state index in [2.05, 4.69) is 22.4 Å². The molecule has 25 heavy (non-hydrogen) atoms. The van der Waals surface area contributed by atoms with E-state index in [0.29, 0.717) is 25.1 Å². The van der Waals surface area contributed by atoms with Gasteiger partial charge in [-0.25, -0.2) is 0 Å². The number of hydrogen-bond donors (Lipinski definition) is 1. The molecule has 0 radical (unpaired) electrons. The summed E-state index contributed by atoms with van der Waals surface area (Å²) in [5.41, 5.74) is 2.75. The number of hydrogen-bond acceptors (Lipinski definition) is 3. The van der Waals surface area contributed by atoms with Gasteiger partial charge in [0, 0.05) is 44.4 Å². The van der Waals surface area contributed by atoms with E-state index < -0.39 is 0 Å². The summed E-state index contributed by atoms with van der Waals surface area (Å²) in [6.45, 7) is 3.86. The molecule has 1 unspecified atom stereocenters. The largest absolute Gasteiger partial charge is 0.352 e. The molecule has 5 nitrogen and oxygen atoms in total. The van der Waals surface area contributed by atoms with Crippen molar-refractivity contribution in [1.82, 2.24) is 15.2 Å². The molecule has 1 aliphatic rings. The molecule has 1 saturated heterocycles. The molecule has 1 atom stereocenters. The van der Waals surface area contributed by atoms with E-state index in [-0.39, 0.29) is 17.7 Å². The lowest BCUT2D eigenvalue weighted by Gasteiger charge is -2.17. The van der Waals surface area contributed by atoms with Gasteiger partial charge in [0.25, 0.3) is 5.91 Å². The minimum atomic E-state index is -0.133. The summed E-state index contributed by atoms with van der Waals surface area (Å²) in [7, 11) is 0. The Balaban J connectivity index is 1.47. The molecule has 1 aliphatic heterocycles. The van der Waals surface area contributed by atoms with Crippen LogP contribution in [0.3, 0.4) is 0 Å². The van der Waals surface area contributed by atoms with Gasteiger partial charge in [-0.3, -0.25) is 14.6 Å². The summed E-state index contributed by atoms with van der Waals surface area (Å²) < 4.78 is 0. The normalized spacial score (nSPS) is 16.9. The van der Waals surface area contributed by atoms with Gasteiger partial charge in [0.15, 0.2) is 0 Å². The lowest BCUT2D eigenvalue weighted by Crippen LogP contribution is -2.32. The predicted molar refractivity (Wildman–Crippen MR) is 96.1 cm³/mol. The number of carbonyl (C=O) groups is 2. The van der Waals surface area contributed by atoms with Crippen molar-refractivity contribution in [3.63, 3.8) is 0 Å². The third kappa shape index (κ3) is 4.66. The number of nitrogens with one attached hydrogen (secondary N) is 1. The topological polar surface area (TPSA) is 62.3 Å². The molecule has 1 fully saturated rings. The van der Waals surface area contributed by atoms with Crippen LogP contribution >= 0.6 is 0 Å². The average Bonchev–Trinajstić information content (AvgIpc) is 2.98. The van der Waals surface area contributed by atoms with Gasteiger partial charge in [-0.15, -0.1) is 0 Å². The Labute approximate surface area is 148 Å². The lowest BCUT2D eigenvalue weighted by molar-refractivity contribution is -0.127. The third-order valence-corrected chi connectivity index (χ3v) is 4.50. The highest BCUT2D eigenvalue weighted by Crippen LogP contribution is 2.18. The maximum Gasteiger partial charge on any atom is 0.252 e. The SMILES string of the molecule is Cc1cncc(C(=O)NCC2CC(=O)N(CCc3ccccc3)C2)c1. The van der Waals surface area contributed by atoms with E-state index >= 15 is 0 Å². The van der Waals surface area contributed by atoms with Crippen molar-refractivity contribution in [2.75, 3.05) is 19.6 Å². The first-order valence-corrected chi connectivity index (χ1v) is 8.63. The first-order valence-electron chi connectivity index (χ1n) is 8.63. The molecule has 2 heterocycles. The summed E-state index contributed by atoms with van der Waals surface area (Å²) in [6.07, 6.45) is 4.65. The quantitative estimate of drug-likeness (QED) is 0.879. The van der Waals surface area contributed by atoms with Gasteiger partial charge in [0.2, 0.25) is 5.91 Å². The molecular weight excluding hydrogens is 314 g/mol. The predicted octanol–water partition coefficient (Wildman–Crippen LogP) is 2.21. The summed E-state index contributed by atoms with van der Waals surface area (Å²) >= 11 is 0. The summed E-state index contributed by atoms with van der Waals surface area (Å²) in [6, 6.07) is 12.0. The molecular formula is C20H23N3O2. The monoisotopic (exact) mass is 337 g/mol. The Morgan fingerprint density at radius 1 is 1.28 bits per heavy atom. The smallest absolute Gasteiger partial charge is 0.252 e. The van der Waals surface area contributed by atoms with Gasteiger partial charge in [-0.1, -0.05) is 30.3 Å². The van der Waals surface area contributed by atoms with Gasteiger partial charge in [-0.05, 0) is 30.5 Å². The molecule has 0 bridgehead atoms. The van der Waals surface area contributed by atoms with Crippen LogP contribution < -0.4 is 5.32 Å². The van der Waals surface area contributed by atoms with Crippen LogP contribution in [0.5, 0.6) is 0 Å². The second-order valence-corrected chi connectivity index (χ2v) is 6.61. The van der Waals surface area contributed by atoms with Crippen LogP contribution in [0, 0.1) is 12.8 Å². The van der Waals surface area contributed by atoms with Crippen LogP contribution in [-0.2, 0) is 11.2 Å². The van der Waals surface area contributed by atoms with E-state index in [1.807, 2.05) is 36.1 Å². The zero-order chi connectivity index (χ0) is 17.6. The number of pyridine rings is 1. The number of aromatic nitrogens is 1. The number of aryl methyl sites for hydroxylation is 1. The van der Waals surface area contributed by atoms with E-state index in [9.17, 15) is 9.59 Å². The maximum absolute atomic E-state index is 12.2. The number of amides is 2. The van der Waals surface area contributed by atoms with Gasteiger partial charge in [0.05, 0.1) is 5.56 Å². The van der Waals surface area contributed by atoms with Gasteiger partial charge in [0.1, 0.15) is 0 Å². The molecule has 5 heteroatoms. The molecule has 1 N–H and O–H groups in total. The van der Waals surface area contributed by atoms with Crippen LogP contribution in [0.15, 0.2) is 48.8 Å². The number of carbonyl (C=O) groups excluding carboxylic acids is 2. The van der Waals surface area contributed by atoms with Gasteiger partial charge in [-0.2, -0.15) is 0 Å². The Morgan fingerprint density at radius 3 is 2.84 bits per heavy atom. The second-order valence-electron chi connectivity index (χ2n) is 6.61. The van der Waals surface area contributed by atoms with Crippen LogP contribution in [0.1, 0.15) is 27.9 Å². The standard InChI is InChI=1S/C20H23N3O2/c1-15-9-18(13-21-11-15)20(25)22-12-17-10-19(24)23(14-17)8-7-16-5-3-2-4-6-16/h2-6,9,11,13,17H,7-8,10,12,14H2,1H3,(H,22,25). The van der Waals surface area contributed by atoms with Crippen LogP contribution in [0.4, 0.5) is 0 Å². The van der Waals surface area contributed by atoms with Crippen LogP contribution in [-0.4, -0.2) is 41.3 Å². The van der Waals surface area contributed by atoms with Crippen molar-refractivity contribution in [2.45, 2.75) is 19.8 Å². The van der Waals surface area contributed by atoms with Crippen molar-refractivity contribution in [3.8, 4) is 0 Å². The van der Waals surface area contributed by atoms with Gasteiger partial charge < -0.3 is 10.2 Å². The van der Waals surface area contributed by atoms with Crippen molar-refractivity contribution in [2.24, 2.45) is 5.92 Å². The van der Waals surface area contributed by atoms with Crippen molar-refractivity contribution < 1.29 is 9.59 Å². The van der Waals surface area contributed by atoms with E-state index in [1.165, 1.54) is 5.56 Å². The Kier molecular flexibility index (Phi) is 5.43. The first-order chi connectivity index (χ1) is 12.1. The fourth-order valence-corrected chi connectivity index (χ4v) is 3.13. The fourth-order valence-electron chi connectivity index (χ4n) is 3.13. The first kappa shape index (κ1) is 17.1. The fraction of sp³-hybridized carbons (Fsp3) is 0.350. The molecule has 3 rings (SSSR count). The van der Waals surface area contributed by atoms with E-state index in [0.717, 1.165) is 18.5 Å². The van der Waals surface area contributed by atoms with Gasteiger partial charge >= 0.3 is 0 Å². The van der Waals surface area contributed by atoms with Crippen LogP contribution in [0.2, 0.25) is 0 Å². The maximum atomic E-state index is 12.2. The average molecular weight is 337 g/mol. The molecule has 1 aromatic heterocycles. The second kappa shape index (κ2) is 7.92. The molecule has 130 valence electrons. The minimum absolute atomic E-state index is 0.133. The Bertz CT molecular complexity index is 746. The number of nitrogens with zero attached hydrogens (tertiary/aromatic N) is 2. The minimum Gasteiger partial charge on any atom is -0.352 e. The van der Waals surface area contributed by atoms with Crippen molar-refractivity contribution in [3.05, 3.63) is 65.5 Å². The molecule has 0 saturated carbocycles. The zero-order valence-electron chi connectivity index (χ0n) is 14.4. The highest BCUT2D eigenvalue weighted by atomic mass is 16.2. The molecule has 0 spiro atoms. The molecule has 2 amide bonds. The lowest BCUT2D eigenvalue weighted by atomic mass is 10.1. The van der Waals surface area contributed by atoms with E-state index in [4.69, 9.17) is 0 Å². The van der Waals surface area contributed by atoms with Crippen LogP contribution in [0.25, 0.3) is 0 Å². The molecule has 0 aliphatic carbocycles. The highest BCUT2D eigenvalue weighted by molar-refractivity contribution is 5.94. The van der Waals surface area contributed by atoms with Crippen molar-refractivity contribution in [1.29, 1.82) is 0 Å². The summed E-state index contributed by atoms with van der Waals surface area (Å²) in [4.78, 5) is 30.3. The summed E-state index contributed by atoms with van der Waals surface area (Å²) in [5, 5.41) is 2.93. The Morgan fingerprint density at radius 2 is 2.08 bits per heavy atom. The number of likely N-dealkylation sites (tertiary alicyclic amines) is 1. The molecule has 2 aromatic rings. The zero-order valence-corrected chi connectivity index (χ0v) is 14.4. The van der Waals surface area contributed by atoms with E-state index in [1.54, 1.807) is 12.4 Å². The summed E-state index contributed by atoms with van der Waals surface area (Å²) in [5.74, 6) is 0.212. The Hall–Kier alpha value is -2.69. The molecule has 1 aromatic carbocycles. The third-order valence-electron chi connectivity index (χ3n) is 4.50.